The van der Waals surface area contributed by atoms with Crippen molar-refractivity contribution in [3.8, 4) is 17.1 Å². The van der Waals surface area contributed by atoms with Gasteiger partial charge in [-0.2, -0.15) is 0 Å². The molecule has 0 amide bonds. The van der Waals surface area contributed by atoms with Gasteiger partial charge in [-0.15, -0.1) is 5.10 Å². The van der Waals surface area contributed by atoms with E-state index in [1.54, 1.807) is 6.20 Å². The Morgan fingerprint density at radius 3 is 2.29 bits per heavy atom. The maximum absolute atomic E-state index is 6.03. The summed E-state index contributed by atoms with van der Waals surface area (Å²) >= 11 is 6.03. The monoisotopic (exact) mass is 484 g/mol. The van der Waals surface area contributed by atoms with Crippen molar-refractivity contribution in [1.82, 2.24) is 29.1 Å². The Bertz CT molecular complexity index is 1300. The highest BCUT2D eigenvalue weighted by Crippen LogP contribution is 2.28. The van der Waals surface area contributed by atoms with Crippen molar-refractivity contribution in [2.45, 2.75) is 33.0 Å². The van der Waals surface area contributed by atoms with E-state index in [2.05, 4.69) is 87.8 Å². The molecule has 0 bridgehead atoms. The lowest BCUT2D eigenvalue weighted by Gasteiger charge is -2.34. The molecule has 0 unspecified atom stereocenters. The van der Waals surface area contributed by atoms with E-state index in [0.29, 0.717) is 17.4 Å². The topological polar surface area (TPSA) is 42.1 Å². The van der Waals surface area contributed by atoms with E-state index in [4.69, 9.17) is 17.3 Å². The number of hydrogen-bond donors (Lipinski definition) is 0. The summed E-state index contributed by atoms with van der Waals surface area (Å²) in [6.07, 6.45) is 3.65. The number of nitrogens with zero attached hydrogens (tertiary/aromatic N) is 6. The number of piperazine rings is 1. The third kappa shape index (κ3) is 5.27. The van der Waals surface area contributed by atoms with E-state index >= 15 is 0 Å². The van der Waals surface area contributed by atoms with Crippen LogP contribution in [0, 0.1) is 4.77 Å². The molecule has 35 heavy (non-hydrogen) atoms. The lowest BCUT2D eigenvalue weighted by atomic mass is 10.0. The summed E-state index contributed by atoms with van der Waals surface area (Å²) in [5.74, 6) is 1.20. The van der Waals surface area contributed by atoms with Crippen molar-refractivity contribution < 1.29 is 0 Å². The van der Waals surface area contributed by atoms with Crippen LogP contribution in [0.1, 0.15) is 30.9 Å². The van der Waals surface area contributed by atoms with Crippen LogP contribution in [-0.4, -0.2) is 55.3 Å². The molecule has 3 heterocycles. The number of pyridine rings is 1. The van der Waals surface area contributed by atoms with Gasteiger partial charge in [0.1, 0.15) is 0 Å². The molecule has 6 nitrogen and oxygen atoms in total. The van der Waals surface area contributed by atoms with Crippen LogP contribution in [-0.2, 0) is 13.2 Å². The molecule has 1 aliphatic heterocycles. The predicted molar refractivity (Wildman–Crippen MR) is 143 cm³/mol. The molecule has 5 rings (SSSR count). The van der Waals surface area contributed by atoms with Crippen LogP contribution in [0.4, 0.5) is 0 Å². The van der Waals surface area contributed by atoms with Crippen LogP contribution >= 0.6 is 12.2 Å². The third-order valence-electron chi connectivity index (χ3n) is 6.61. The van der Waals surface area contributed by atoms with E-state index in [0.717, 1.165) is 49.8 Å². The van der Waals surface area contributed by atoms with Gasteiger partial charge in [-0.1, -0.05) is 62.4 Å². The molecule has 0 N–H and O–H groups in total. The molecule has 180 valence electrons. The van der Waals surface area contributed by atoms with Gasteiger partial charge in [0.15, 0.2) is 5.82 Å². The molecule has 0 spiro atoms. The lowest BCUT2D eigenvalue weighted by Crippen LogP contribution is -2.46. The fourth-order valence-corrected chi connectivity index (χ4v) is 4.98. The van der Waals surface area contributed by atoms with E-state index in [1.165, 1.54) is 11.1 Å². The van der Waals surface area contributed by atoms with Gasteiger partial charge in [0.2, 0.25) is 4.77 Å². The van der Waals surface area contributed by atoms with Crippen LogP contribution in [0.2, 0.25) is 0 Å². The van der Waals surface area contributed by atoms with Gasteiger partial charge in [-0.25, -0.2) is 4.68 Å². The van der Waals surface area contributed by atoms with Crippen molar-refractivity contribution in [2.75, 3.05) is 26.2 Å². The minimum absolute atomic E-state index is 0.371. The Kier molecular flexibility index (Phi) is 7.18. The Morgan fingerprint density at radius 2 is 1.57 bits per heavy atom. The number of hydrogen-bond acceptors (Lipinski definition) is 5. The summed E-state index contributed by atoms with van der Waals surface area (Å²) in [5, 5.41) is 5.02. The summed E-state index contributed by atoms with van der Waals surface area (Å²) in [5.41, 5.74) is 4.67. The molecule has 2 aromatic carbocycles. The fourth-order valence-electron chi connectivity index (χ4n) is 4.70. The van der Waals surface area contributed by atoms with Crippen LogP contribution < -0.4 is 0 Å². The van der Waals surface area contributed by atoms with Gasteiger partial charge in [0, 0.05) is 50.7 Å². The first-order valence-corrected chi connectivity index (χ1v) is 12.7. The Morgan fingerprint density at radius 1 is 0.857 bits per heavy atom. The van der Waals surface area contributed by atoms with Gasteiger partial charge >= 0.3 is 0 Å². The lowest BCUT2D eigenvalue weighted by molar-refractivity contribution is 0.0981. The van der Waals surface area contributed by atoms with Crippen molar-refractivity contribution in [1.29, 1.82) is 0 Å². The van der Waals surface area contributed by atoms with Crippen LogP contribution in [0.5, 0.6) is 0 Å². The van der Waals surface area contributed by atoms with Crippen molar-refractivity contribution in [2.24, 2.45) is 0 Å². The highest BCUT2D eigenvalue weighted by atomic mass is 32.1. The van der Waals surface area contributed by atoms with Crippen molar-refractivity contribution >= 4 is 12.2 Å². The minimum Gasteiger partial charge on any atom is -0.297 e. The molecule has 0 aliphatic carbocycles. The molecule has 7 heteroatoms. The van der Waals surface area contributed by atoms with Crippen molar-refractivity contribution in [3.63, 3.8) is 0 Å². The summed E-state index contributed by atoms with van der Waals surface area (Å²) in [6.45, 7) is 10.2. The van der Waals surface area contributed by atoms with E-state index < -0.39 is 0 Å². The standard InChI is InChI=1S/C28H32N6S/c1-22(2)25-12-6-7-13-26(25)34-27(24-11-8-14-29-19-24)30-33(28(34)35)21-32-17-15-31(16-18-32)20-23-9-4-3-5-10-23/h3-14,19,22H,15-18,20-21H2,1-2H3. The largest absolute Gasteiger partial charge is 0.297 e. The smallest absolute Gasteiger partial charge is 0.204 e. The van der Waals surface area contributed by atoms with Crippen LogP contribution in [0.15, 0.2) is 79.1 Å². The summed E-state index contributed by atoms with van der Waals surface area (Å²) in [4.78, 5) is 9.30. The van der Waals surface area contributed by atoms with Gasteiger partial charge in [-0.05, 0) is 47.5 Å². The van der Waals surface area contributed by atoms with Crippen LogP contribution in [0.3, 0.4) is 0 Å². The molecule has 4 aromatic rings. The Hall–Kier alpha value is -3.13. The number of benzene rings is 2. The quantitative estimate of drug-likeness (QED) is 0.330. The summed E-state index contributed by atoms with van der Waals surface area (Å²) in [7, 11) is 0. The maximum Gasteiger partial charge on any atom is 0.204 e. The number of para-hydroxylation sites is 1. The van der Waals surface area contributed by atoms with Gasteiger partial charge < -0.3 is 0 Å². The van der Waals surface area contributed by atoms with Gasteiger partial charge in [0.05, 0.1) is 12.4 Å². The molecule has 0 saturated carbocycles. The zero-order chi connectivity index (χ0) is 24.2. The Labute approximate surface area is 212 Å². The molecule has 0 radical (unpaired) electrons. The SMILES string of the molecule is CC(C)c1ccccc1-n1c(-c2cccnc2)nn(CN2CCN(Cc3ccccc3)CC2)c1=S. The molecule has 1 saturated heterocycles. The summed E-state index contributed by atoms with van der Waals surface area (Å²) in [6, 6.07) is 23.2. The normalized spacial score (nSPS) is 15.1. The second-order valence-electron chi connectivity index (χ2n) is 9.42. The van der Waals surface area contributed by atoms with E-state index in [-0.39, 0.29) is 0 Å². The third-order valence-corrected chi connectivity index (χ3v) is 7.00. The zero-order valence-corrected chi connectivity index (χ0v) is 21.2. The molecular formula is C28H32N6S. The average Bonchev–Trinajstić information content (AvgIpc) is 3.22. The van der Waals surface area contributed by atoms with Crippen LogP contribution in [0.25, 0.3) is 17.1 Å². The maximum atomic E-state index is 6.03. The van der Waals surface area contributed by atoms with Gasteiger partial charge in [0.25, 0.3) is 0 Å². The van der Waals surface area contributed by atoms with Gasteiger partial charge in [-0.3, -0.25) is 19.4 Å². The zero-order valence-electron chi connectivity index (χ0n) is 20.4. The molecular weight excluding hydrogens is 452 g/mol. The van der Waals surface area contributed by atoms with Crippen molar-refractivity contribution in [3.05, 3.63) is 95.0 Å². The Balaban J connectivity index is 1.41. The van der Waals surface area contributed by atoms with E-state index in [9.17, 15) is 0 Å². The minimum atomic E-state index is 0.371. The number of aromatic nitrogens is 4. The second-order valence-corrected chi connectivity index (χ2v) is 9.78. The first-order valence-electron chi connectivity index (χ1n) is 12.3. The predicted octanol–water partition coefficient (Wildman–Crippen LogP) is 5.36. The second kappa shape index (κ2) is 10.6. The van der Waals surface area contributed by atoms with E-state index in [1.807, 2.05) is 23.0 Å². The molecule has 1 aliphatic rings. The first kappa shape index (κ1) is 23.6. The highest BCUT2D eigenvalue weighted by Gasteiger charge is 2.21. The fraction of sp³-hybridized carbons (Fsp3) is 0.321. The molecule has 1 fully saturated rings. The molecule has 2 aromatic heterocycles. The summed E-state index contributed by atoms with van der Waals surface area (Å²) < 4.78 is 4.80. The number of rotatable bonds is 7. The average molecular weight is 485 g/mol. The molecule has 0 atom stereocenters. The highest BCUT2D eigenvalue weighted by molar-refractivity contribution is 7.71. The first-order chi connectivity index (χ1) is 17.1.